The number of thiazole rings is 1. The van der Waals surface area contributed by atoms with E-state index >= 15 is 0 Å². The minimum atomic E-state index is -0.0375. The van der Waals surface area contributed by atoms with Crippen molar-refractivity contribution in [3.63, 3.8) is 0 Å². The number of carbonyl (C=O) groups is 1. The van der Waals surface area contributed by atoms with Gasteiger partial charge in [0.05, 0.1) is 11.3 Å². The van der Waals surface area contributed by atoms with Gasteiger partial charge in [0.25, 0.3) is 5.91 Å². The molecule has 144 valence electrons. The van der Waals surface area contributed by atoms with Crippen LogP contribution in [0.2, 0.25) is 0 Å². The zero-order valence-electron chi connectivity index (χ0n) is 15.7. The zero-order chi connectivity index (χ0) is 18.5. The van der Waals surface area contributed by atoms with Crippen LogP contribution in [0.3, 0.4) is 0 Å². The fraction of sp³-hybridized carbons (Fsp3) is 0.300. The smallest absolute Gasteiger partial charge is 0.260 e. The van der Waals surface area contributed by atoms with Gasteiger partial charge in [0.1, 0.15) is 11.3 Å². The molecule has 0 aliphatic rings. The Balaban J connectivity index is 0.00000261. The Hall–Kier alpha value is -2.15. The van der Waals surface area contributed by atoms with E-state index in [1.54, 1.807) is 4.90 Å². The number of anilines is 1. The lowest BCUT2D eigenvalue weighted by molar-refractivity contribution is 0.0985. The highest BCUT2D eigenvalue weighted by Gasteiger charge is 2.22. The molecule has 3 aromatic rings. The van der Waals surface area contributed by atoms with E-state index in [1.165, 1.54) is 11.3 Å². The van der Waals surface area contributed by atoms with Crippen LogP contribution in [0.4, 0.5) is 5.13 Å². The van der Waals surface area contributed by atoms with Crippen molar-refractivity contribution in [2.75, 3.05) is 38.7 Å². The number of rotatable bonds is 7. The molecule has 5 nitrogen and oxygen atoms in total. The van der Waals surface area contributed by atoms with E-state index in [9.17, 15) is 4.79 Å². The van der Waals surface area contributed by atoms with Gasteiger partial charge in [0.15, 0.2) is 5.13 Å². The molecule has 0 bridgehead atoms. The van der Waals surface area contributed by atoms with E-state index in [2.05, 4.69) is 4.90 Å². The van der Waals surface area contributed by atoms with E-state index in [1.807, 2.05) is 69.6 Å². The van der Waals surface area contributed by atoms with E-state index < -0.39 is 0 Å². The number of likely N-dealkylation sites (N-methyl/N-ethyl adjacent to an activating group) is 1. The molecule has 0 aliphatic heterocycles. The molecule has 0 saturated carbocycles. The molecule has 0 spiro atoms. The average Bonchev–Trinajstić information content (AvgIpc) is 3.07. The van der Waals surface area contributed by atoms with Gasteiger partial charge in [-0.15, -0.1) is 12.4 Å². The molecule has 1 aromatic heterocycles. The normalized spacial score (nSPS) is 10.7. The monoisotopic (exact) mass is 405 g/mol. The summed E-state index contributed by atoms with van der Waals surface area (Å²) in [6, 6.07) is 15.2. The van der Waals surface area contributed by atoms with Crippen molar-refractivity contribution >= 4 is 45.0 Å². The topological polar surface area (TPSA) is 45.7 Å². The first-order valence-corrected chi connectivity index (χ1v) is 9.45. The Morgan fingerprint density at radius 3 is 2.48 bits per heavy atom. The van der Waals surface area contributed by atoms with Gasteiger partial charge in [0, 0.05) is 18.7 Å². The number of carbonyl (C=O) groups excluding carboxylic acids is 1. The Morgan fingerprint density at radius 2 is 1.81 bits per heavy atom. The summed E-state index contributed by atoms with van der Waals surface area (Å²) < 4.78 is 6.70. The molecular formula is C20H24ClN3O2S. The summed E-state index contributed by atoms with van der Waals surface area (Å²) in [5.41, 5.74) is 1.47. The van der Waals surface area contributed by atoms with Crippen molar-refractivity contribution in [2.45, 2.75) is 6.92 Å². The highest BCUT2D eigenvalue weighted by atomic mass is 35.5. The molecule has 0 radical (unpaired) electrons. The molecule has 3 rings (SSSR count). The van der Waals surface area contributed by atoms with Gasteiger partial charge in [-0.3, -0.25) is 9.69 Å². The molecule has 0 atom stereocenters. The van der Waals surface area contributed by atoms with Crippen LogP contribution in [-0.2, 0) is 0 Å². The van der Waals surface area contributed by atoms with Crippen LogP contribution in [0.5, 0.6) is 5.75 Å². The number of aromatic nitrogens is 1. The second-order valence-electron chi connectivity index (χ2n) is 6.16. The van der Waals surface area contributed by atoms with Gasteiger partial charge in [-0.05, 0) is 45.3 Å². The van der Waals surface area contributed by atoms with Gasteiger partial charge in [-0.1, -0.05) is 35.6 Å². The lowest BCUT2D eigenvalue weighted by atomic mass is 10.2. The van der Waals surface area contributed by atoms with Crippen LogP contribution in [-0.4, -0.2) is 49.6 Å². The maximum atomic E-state index is 13.1. The first-order chi connectivity index (χ1) is 12.6. The molecule has 7 heteroatoms. The van der Waals surface area contributed by atoms with Gasteiger partial charge in [-0.2, -0.15) is 0 Å². The van der Waals surface area contributed by atoms with Gasteiger partial charge < -0.3 is 9.64 Å². The highest BCUT2D eigenvalue weighted by molar-refractivity contribution is 7.22. The number of benzene rings is 2. The molecule has 0 unspecified atom stereocenters. The van der Waals surface area contributed by atoms with E-state index in [-0.39, 0.29) is 18.3 Å². The van der Waals surface area contributed by atoms with Gasteiger partial charge in [0.2, 0.25) is 0 Å². The van der Waals surface area contributed by atoms with Crippen molar-refractivity contribution in [2.24, 2.45) is 0 Å². The molecule has 0 N–H and O–H groups in total. The first-order valence-electron chi connectivity index (χ1n) is 8.64. The SMILES string of the molecule is CCOc1cccc2sc(N(CCN(C)C)C(=O)c3ccccc3)nc12.Cl. The first kappa shape index (κ1) is 21.2. The fourth-order valence-electron chi connectivity index (χ4n) is 2.62. The summed E-state index contributed by atoms with van der Waals surface area (Å²) in [6.45, 7) is 3.87. The van der Waals surface area contributed by atoms with Crippen molar-refractivity contribution in [1.29, 1.82) is 0 Å². The predicted octanol–water partition coefficient (Wildman–Crippen LogP) is 4.33. The van der Waals surface area contributed by atoms with Gasteiger partial charge in [-0.25, -0.2) is 4.98 Å². The maximum Gasteiger partial charge on any atom is 0.260 e. The van der Waals surface area contributed by atoms with Crippen LogP contribution in [0, 0.1) is 0 Å². The minimum Gasteiger partial charge on any atom is -0.492 e. The Morgan fingerprint density at radius 1 is 1.07 bits per heavy atom. The molecule has 0 saturated heterocycles. The average molecular weight is 406 g/mol. The molecular weight excluding hydrogens is 382 g/mol. The second-order valence-corrected chi connectivity index (χ2v) is 7.17. The number of para-hydroxylation sites is 1. The summed E-state index contributed by atoms with van der Waals surface area (Å²) in [5, 5.41) is 0.697. The second kappa shape index (κ2) is 9.69. The van der Waals surface area contributed by atoms with E-state index in [0.717, 1.165) is 22.5 Å². The third-order valence-electron chi connectivity index (χ3n) is 3.94. The van der Waals surface area contributed by atoms with Crippen molar-refractivity contribution < 1.29 is 9.53 Å². The Labute approximate surface area is 170 Å². The summed E-state index contributed by atoms with van der Waals surface area (Å²) in [4.78, 5) is 21.6. The zero-order valence-corrected chi connectivity index (χ0v) is 17.3. The number of amides is 1. The summed E-state index contributed by atoms with van der Waals surface area (Å²) in [7, 11) is 3.99. The lowest BCUT2D eigenvalue weighted by Gasteiger charge is -2.22. The standard InChI is InChI=1S/C20H23N3O2S.ClH/c1-4-25-16-11-8-12-17-18(16)21-20(26-17)23(14-13-22(2)3)19(24)15-9-6-5-7-10-15;/h5-12H,4,13-14H2,1-3H3;1H. The summed E-state index contributed by atoms with van der Waals surface area (Å²) in [6.07, 6.45) is 0. The van der Waals surface area contributed by atoms with Gasteiger partial charge >= 0.3 is 0 Å². The van der Waals surface area contributed by atoms with Crippen LogP contribution >= 0.6 is 23.7 Å². The fourth-order valence-corrected chi connectivity index (χ4v) is 3.63. The number of halogens is 1. The maximum absolute atomic E-state index is 13.1. The number of ether oxygens (including phenoxy) is 1. The minimum absolute atomic E-state index is 0. The largest absolute Gasteiger partial charge is 0.492 e. The molecule has 2 aromatic carbocycles. The number of hydrogen-bond acceptors (Lipinski definition) is 5. The van der Waals surface area contributed by atoms with Crippen molar-refractivity contribution in [3.8, 4) is 5.75 Å². The third-order valence-corrected chi connectivity index (χ3v) is 4.98. The summed E-state index contributed by atoms with van der Waals surface area (Å²) in [5.74, 6) is 0.719. The third kappa shape index (κ3) is 4.97. The number of fused-ring (bicyclic) bond motifs is 1. The Kier molecular flexibility index (Phi) is 7.59. The van der Waals surface area contributed by atoms with Crippen molar-refractivity contribution in [3.05, 3.63) is 54.1 Å². The van der Waals surface area contributed by atoms with Crippen LogP contribution < -0.4 is 9.64 Å². The number of hydrogen-bond donors (Lipinski definition) is 0. The molecule has 1 heterocycles. The molecule has 27 heavy (non-hydrogen) atoms. The predicted molar refractivity (Wildman–Crippen MR) is 115 cm³/mol. The van der Waals surface area contributed by atoms with E-state index in [4.69, 9.17) is 9.72 Å². The quantitative estimate of drug-likeness (QED) is 0.587. The van der Waals surface area contributed by atoms with Crippen LogP contribution in [0.25, 0.3) is 10.2 Å². The van der Waals surface area contributed by atoms with Crippen LogP contribution in [0.1, 0.15) is 17.3 Å². The Bertz CT molecular complexity index is 883. The summed E-state index contributed by atoms with van der Waals surface area (Å²) >= 11 is 1.52. The van der Waals surface area contributed by atoms with Crippen LogP contribution in [0.15, 0.2) is 48.5 Å². The molecule has 0 aliphatic carbocycles. The number of nitrogens with zero attached hydrogens (tertiary/aromatic N) is 3. The molecule has 0 fully saturated rings. The van der Waals surface area contributed by atoms with Crippen molar-refractivity contribution in [1.82, 2.24) is 9.88 Å². The lowest BCUT2D eigenvalue weighted by Crippen LogP contribution is -2.36. The molecule has 1 amide bonds. The van der Waals surface area contributed by atoms with E-state index in [0.29, 0.717) is 23.8 Å². The highest BCUT2D eigenvalue weighted by Crippen LogP contribution is 2.34.